The Labute approximate surface area is 167 Å². The molecule has 1 aliphatic rings. The summed E-state index contributed by atoms with van der Waals surface area (Å²) in [7, 11) is 0. The Morgan fingerprint density at radius 1 is 1.11 bits per heavy atom. The first-order valence-corrected chi connectivity index (χ1v) is 10.2. The average molecular weight is 382 g/mol. The van der Waals surface area contributed by atoms with E-state index < -0.39 is 0 Å². The molecule has 150 valence electrons. The van der Waals surface area contributed by atoms with Gasteiger partial charge in [-0.2, -0.15) is 0 Å². The predicted molar refractivity (Wildman–Crippen MR) is 111 cm³/mol. The number of hydrogen-bond donors (Lipinski definition) is 2. The molecule has 28 heavy (non-hydrogen) atoms. The van der Waals surface area contributed by atoms with Crippen molar-refractivity contribution in [1.29, 1.82) is 0 Å². The summed E-state index contributed by atoms with van der Waals surface area (Å²) in [6.45, 7) is 9.47. The highest BCUT2D eigenvalue weighted by Gasteiger charge is 2.27. The Morgan fingerprint density at radius 3 is 2.32 bits per heavy atom. The van der Waals surface area contributed by atoms with E-state index in [4.69, 9.17) is 0 Å². The number of piperidine rings is 1. The molecule has 2 N–H and O–H groups in total. The molecule has 1 aromatic carbocycles. The fraction of sp³-hybridized carbons (Fsp3) is 0.478. The standard InChI is InChI=1S/C23H31N3O2/c1-15-16(2)22(25-17(15)3)23(28)26-12-10-19(11-13-26)14-21(27)24-18(4)20-8-6-5-7-9-20/h5-9,18-19,25H,10-14H2,1-4H3,(H,24,27)/t18-/m1/s1. The SMILES string of the molecule is Cc1[nH]c(C(=O)N2CCC(CC(=O)N[C@H](C)c3ccccc3)CC2)c(C)c1C. The molecule has 3 rings (SSSR count). The summed E-state index contributed by atoms with van der Waals surface area (Å²) in [4.78, 5) is 30.4. The maximum atomic E-state index is 12.8. The monoisotopic (exact) mass is 381 g/mol. The lowest BCUT2D eigenvalue weighted by atomic mass is 9.92. The Morgan fingerprint density at radius 2 is 1.75 bits per heavy atom. The van der Waals surface area contributed by atoms with Crippen molar-refractivity contribution in [1.82, 2.24) is 15.2 Å². The molecule has 5 heteroatoms. The normalized spacial score (nSPS) is 16.1. The molecule has 1 fully saturated rings. The third-order valence-electron chi connectivity index (χ3n) is 6.08. The number of rotatable bonds is 5. The van der Waals surface area contributed by atoms with Crippen molar-refractivity contribution in [2.24, 2.45) is 5.92 Å². The highest BCUT2D eigenvalue weighted by Crippen LogP contribution is 2.24. The molecule has 0 unspecified atom stereocenters. The summed E-state index contributed by atoms with van der Waals surface area (Å²) in [5.41, 5.74) is 5.08. The fourth-order valence-corrected chi connectivity index (χ4v) is 3.94. The van der Waals surface area contributed by atoms with Gasteiger partial charge in [0.15, 0.2) is 0 Å². The molecule has 2 amide bonds. The van der Waals surface area contributed by atoms with E-state index in [1.54, 1.807) is 0 Å². The van der Waals surface area contributed by atoms with Gasteiger partial charge in [-0.3, -0.25) is 9.59 Å². The number of aryl methyl sites for hydroxylation is 1. The molecule has 1 atom stereocenters. The highest BCUT2D eigenvalue weighted by atomic mass is 16.2. The zero-order valence-corrected chi connectivity index (χ0v) is 17.3. The van der Waals surface area contributed by atoms with Crippen LogP contribution in [-0.4, -0.2) is 34.8 Å². The largest absolute Gasteiger partial charge is 0.354 e. The van der Waals surface area contributed by atoms with Crippen LogP contribution in [-0.2, 0) is 4.79 Å². The number of nitrogens with one attached hydrogen (secondary N) is 2. The second kappa shape index (κ2) is 8.63. The van der Waals surface area contributed by atoms with Gasteiger partial charge in [0.25, 0.3) is 5.91 Å². The first-order chi connectivity index (χ1) is 13.4. The van der Waals surface area contributed by atoms with Crippen molar-refractivity contribution in [3.05, 3.63) is 58.4 Å². The summed E-state index contributed by atoms with van der Waals surface area (Å²) in [5, 5.41) is 3.10. The molecule has 1 aliphatic heterocycles. The van der Waals surface area contributed by atoms with Crippen molar-refractivity contribution < 1.29 is 9.59 Å². The average Bonchev–Trinajstić information content (AvgIpc) is 2.96. The zero-order chi connectivity index (χ0) is 20.3. The van der Waals surface area contributed by atoms with Crippen LogP contribution in [0.2, 0.25) is 0 Å². The Hall–Kier alpha value is -2.56. The third-order valence-corrected chi connectivity index (χ3v) is 6.08. The van der Waals surface area contributed by atoms with E-state index in [9.17, 15) is 9.59 Å². The van der Waals surface area contributed by atoms with Gasteiger partial charge in [0.05, 0.1) is 6.04 Å². The van der Waals surface area contributed by atoms with E-state index >= 15 is 0 Å². The minimum absolute atomic E-state index is 0.0118. The van der Waals surface area contributed by atoms with Crippen molar-refractivity contribution in [2.75, 3.05) is 13.1 Å². The van der Waals surface area contributed by atoms with E-state index in [1.165, 1.54) is 0 Å². The lowest BCUT2D eigenvalue weighted by molar-refractivity contribution is -0.122. The van der Waals surface area contributed by atoms with E-state index in [2.05, 4.69) is 10.3 Å². The summed E-state index contributed by atoms with van der Waals surface area (Å²) in [6, 6.07) is 10.0. The van der Waals surface area contributed by atoms with Crippen LogP contribution in [0.3, 0.4) is 0 Å². The number of H-pyrrole nitrogens is 1. The smallest absolute Gasteiger partial charge is 0.270 e. The minimum Gasteiger partial charge on any atom is -0.354 e. The molecule has 2 heterocycles. The number of amides is 2. The lowest BCUT2D eigenvalue weighted by Gasteiger charge is -2.32. The first kappa shape index (κ1) is 20.2. The van der Waals surface area contributed by atoms with Crippen LogP contribution >= 0.6 is 0 Å². The van der Waals surface area contributed by atoms with Crippen LogP contribution in [0.25, 0.3) is 0 Å². The van der Waals surface area contributed by atoms with Crippen LogP contribution in [0.4, 0.5) is 0 Å². The van der Waals surface area contributed by atoms with Gasteiger partial charge >= 0.3 is 0 Å². The molecule has 0 aliphatic carbocycles. The van der Waals surface area contributed by atoms with E-state index in [0.717, 1.165) is 35.2 Å². The number of carbonyl (C=O) groups excluding carboxylic acids is 2. The molecule has 0 radical (unpaired) electrons. The van der Waals surface area contributed by atoms with Gasteiger partial charge in [-0.05, 0) is 63.1 Å². The maximum absolute atomic E-state index is 12.8. The molecule has 1 saturated heterocycles. The van der Waals surface area contributed by atoms with E-state index in [0.29, 0.717) is 31.1 Å². The molecule has 0 saturated carbocycles. The van der Waals surface area contributed by atoms with Gasteiger partial charge in [-0.25, -0.2) is 0 Å². The van der Waals surface area contributed by atoms with Crippen LogP contribution < -0.4 is 5.32 Å². The number of aromatic amines is 1. The zero-order valence-electron chi connectivity index (χ0n) is 17.3. The number of likely N-dealkylation sites (tertiary alicyclic amines) is 1. The van der Waals surface area contributed by atoms with Gasteiger partial charge in [0.1, 0.15) is 5.69 Å². The summed E-state index contributed by atoms with van der Waals surface area (Å²) in [6.07, 6.45) is 2.27. The molecule has 2 aromatic rings. The highest BCUT2D eigenvalue weighted by molar-refractivity contribution is 5.94. The third kappa shape index (κ3) is 4.46. The second-order valence-electron chi connectivity index (χ2n) is 8.01. The number of nitrogens with zero attached hydrogens (tertiary/aromatic N) is 1. The minimum atomic E-state index is 0.0118. The first-order valence-electron chi connectivity index (χ1n) is 10.2. The summed E-state index contributed by atoms with van der Waals surface area (Å²) >= 11 is 0. The summed E-state index contributed by atoms with van der Waals surface area (Å²) < 4.78 is 0. The topological polar surface area (TPSA) is 65.2 Å². The molecule has 0 bridgehead atoms. The van der Waals surface area contributed by atoms with Gasteiger partial charge in [-0.15, -0.1) is 0 Å². The van der Waals surface area contributed by atoms with Crippen molar-refractivity contribution in [3.8, 4) is 0 Å². The fourth-order valence-electron chi connectivity index (χ4n) is 3.94. The van der Waals surface area contributed by atoms with Crippen molar-refractivity contribution in [2.45, 2.75) is 53.0 Å². The predicted octanol–water partition coefficient (Wildman–Crippen LogP) is 4.06. The number of hydrogen-bond acceptors (Lipinski definition) is 2. The Kier molecular flexibility index (Phi) is 6.22. The molecule has 5 nitrogen and oxygen atoms in total. The number of aromatic nitrogens is 1. The summed E-state index contributed by atoms with van der Waals surface area (Å²) in [5.74, 6) is 0.502. The second-order valence-corrected chi connectivity index (χ2v) is 8.01. The van der Waals surface area contributed by atoms with Crippen LogP contribution in [0.1, 0.15) is 65.1 Å². The lowest BCUT2D eigenvalue weighted by Crippen LogP contribution is -2.40. The van der Waals surface area contributed by atoms with Gasteiger partial charge in [0, 0.05) is 25.2 Å². The molecule has 0 spiro atoms. The van der Waals surface area contributed by atoms with Gasteiger partial charge in [-0.1, -0.05) is 30.3 Å². The number of benzene rings is 1. The van der Waals surface area contributed by atoms with Crippen molar-refractivity contribution in [3.63, 3.8) is 0 Å². The van der Waals surface area contributed by atoms with Crippen LogP contribution in [0.5, 0.6) is 0 Å². The molecule has 1 aromatic heterocycles. The van der Waals surface area contributed by atoms with Gasteiger partial charge < -0.3 is 15.2 Å². The molecular formula is C23H31N3O2. The molecular weight excluding hydrogens is 350 g/mol. The maximum Gasteiger partial charge on any atom is 0.270 e. The Balaban J connectivity index is 1.49. The van der Waals surface area contributed by atoms with Crippen LogP contribution in [0, 0.1) is 26.7 Å². The quantitative estimate of drug-likeness (QED) is 0.820. The van der Waals surface area contributed by atoms with E-state index in [-0.39, 0.29) is 17.9 Å². The number of carbonyl (C=O) groups is 2. The van der Waals surface area contributed by atoms with Crippen LogP contribution in [0.15, 0.2) is 30.3 Å². The van der Waals surface area contributed by atoms with E-state index in [1.807, 2.05) is 62.9 Å². The van der Waals surface area contributed by atoms with Gasteiger partial charge in [0.2, 0.25) is 5.91 Å². The van der Waals surface area contributed by atoms with Crippen molar-refractivity contribution >= 4 is 11.8 Å². The Bertz CT molecular complexity index is 833.